The molecule has 0 saturated carbocycles. The van der Waals surface area contributed by atoms with Crippen molar-refractivity contribution in [1.82, 2.24) is 25.1 Å². The number of piperidine rings is 1. The molecule has 2 aliphatic rings. The van der Waals surface area contributed by atoms with Crippen LogP contribution in [0.5, 0.6) is 0 Å². The molecule has 0 spiro atoms. The maximum Gasteiger partial charge on any atom is 0.273 e. The van der Waals surface area contributed by atoms with Gasteiger partial charge in [0.05, 0.1) is 6.10 Å². The summed E-state index contributed by atoms with van der Waals surface area (Å²) in [6.07, 6.45) is 2.66. The monoisotopic (exact) mass is 577 g/mol. The van der Waals surface area contributed by atoms with Gasteiger partial charge in [0.1, 0.15) is 0 Å². The molecule has 2 amide bonds. The zero-order valence-corrected chi connectivity index (χ0v) is 24.0. The Bertz CT molecular complexity index is 1160. The standard InChI is InChI=1S/C27H37Cl2N7O3/c1-3-19-16-35(25-23(29)32-22(24(30)33-25)26(38)31-15-21(37)4-2)13-14-36(19)20-9-11-34(12-10-20)27(39)17-5-7-18(28)8-6-17/h5-8,19-21,37H,3-4,9-16H2,1-2H3,(H2,30,33)(H,31,38)/t19-,21?/m0/s1. The van der Waals surface area contributed by atoms with Crippen molar-refractivity contribution in [3.05, 3.63) is 45.7 Å². The highest BCUT2D eigenvalue weighted by Gasteiger charge is 2.35. The molecule has 0 bridgehead atoms. The van der Waals surface area contributed by atoms with Crippen molar-refractivity contribution < 1.29 is 14.7 Å². The minimum atomic E-state index is -0.642. The molecule has 1 unspecified atom stereocenters. The number of benzene rings is 1. The molecule has 12 heteroatoms. The zero-order valence-electron chi connectivity index (χ0n) is 22.4. The number of nitrogens with two attached hydrogens (primary N) is 1. The Kier molecular flexibility index (Phi) is 9.87. The maximum absolute atomic E-state index is 12.9. The van der Waals surface area contributed by atoms with Crippen LogP contribution in [-0.2, 0) is 0 Å². The molecule has 4 N–H and O–H groups in total. The number of nitrogens with zero attached hydrogens (tertiary/aromatic N) is 5. The summed E-state index contributed by atoms with van der Waals surface area (Å²) in [5.74, 6) is 0.0106. The topological polar surface area (TPSA) is 128 Å². The van der Waals surface area contributed by atoms with E-state index < -0.39 is 12.0 Å². The van der Waals surface area contributed by atoms with Crippen LogP contribution in [0.15, 0.2) is 24.3 Å². The number of carbonyl (C=O) groups excluding carboxylic acids is 2. The number of aliphatic hydroxyl groups is 1. The second-order valence-electron chi connectivity index (χ2n) is 10.1. The summed E-state index contributed by atoms with van der Waals surface area (Å²) >= 11 is 12.5. The fourth-order valence-corrected chi connectivity index (χ4v) is 5.68. The largest absolute Gasteiger partial charge is 0.391 e. The third-order valence-corrected chi connectivity index (χ3v) is 8.16. The Morgan fingerprint density at radius 1 is 1.10 bits per heavy atom. The van der Waals surface area contributed by atoms with Crippen molar-refractivity contribution in [2.75, 3.05) is 49.9 Å². The lowest BCUT2D eigenvalue weighted by Crippen LogP contribution is -2.58. The number of nitrogens with one attached hydrogen (secondary N) is 1. The second-order valence-corrected chi connectivity index (χ2v) is 10.9. The van der Waals surface area contributed by atoms with Gasteiger partial charge >= 0.3 is 0 Å². The van der Waals surface area contributed by atoms with E-state index in [0.29, 0.717) is 42.0 Å². The van der Waals surface area contributed by atoms with Crippen LogP contribution in [0, 0.1) is 0 Å². The van der Waals surface area contributed by atoms with Crippen LogP contribution in [-0.4, -0.2) is 94.1 Å². The van der Waals surface area contributed by atoms with Crippen molar-refractivity contribution in [2.24, 2.45) is 0 Å². The van der Waals surface area contributed by atoms with Gasteiger partial charge in [0.2, 0.25) is 0 Å². The van der Waals surface area contributed by atoms with Gasteiger partial charge in [-0.25, -0.2) is 9.97 Å². The first-order valence-electron chi connectivity index (χ1n) is 13.6. The fourth-order valence-electron chi connectivity index (χ4n) is 5.31. The van der Waals surface area contributed by atoms with E-state index in [4.69, 9.17) is 28.9 Å². The van der Waals surface area contributed by atoms with E-state index in [1.807, 2.05) is 11.8 Å². The number of carbonyl (C=O) groups is 2. The Morgan fingerprint density at radius 3 is 2.44 bits per heavy atom. The number of likely N-dealkylation sites (tertiary alicyclic amines) is 1. The summed E-state index contributed by atoms with van der Waals surface area (Å²) in [6.45, 7) is 7.76. The predicted octanol–water partition coefficient (Wildman–Crippen LogP) is 3.07. The molecule has 2 saturated heterocycles. The van der Waals surface area contributed by atoms with Gasteiger partial charge in [-0.2, -0.15) is 0 Å². The molecule has 4 rings (SSSR count). The number of rotatable bonds is 8. The summed E-state index contributed by atoms with van der Waals surface area (Å²) in [5, 5.41) is 13.1. The number of nitrogen functional groups attached to an aromatic ring is 1. The van der Waals surface area contributed by atoms with Crippen molar-refractivity contribution in [1.29, 1.82) is 0 Å². The van der Waals surface area contributed by atoms with E-state index in [1.54, 1.807) is 24.3 Å². The highest BCUT2D eigenvalue weighted by molar-refractivity contribution is 6.32. The highest BCUT2D eigenvalue weighted by Crippen LogP contribution is 2.30. The Morgan fingerprint density at radius 2 is 1.79 bits per heavy atom. The first-order valence-corrected chi connectivity index (χ1v) is 14.3. The summed E-state index contributed by atoms with van der Waals surface area (Å²) < 4.78 is 0. The van der Waals surface area contributed by atoms with Gasteiger partial charge in [0, 0.05) is 61.9 Å². The molecule has 2 aliphatic heterocycles. The molecule has 2 atom stereocenters. The minimum absolute atomic E-state index is 0.00564. The molecule has 212 valence electrons. The number of anilines is 2. The van der Waals surface area contributed by atoms with Gasteiger partial charge in [-0.05, 0) is 49.9 Å². The molecule has 3 heterocycles. The molecule has 39 heavy (non-hydrogen) atoms. The summed E-state index contributed by atoms with van der Waals surface area (Å²) in [4.78, 5) is 40.7. The van der Waals surface area contributed by atoms with Gasteiger partial charge in [-0.15, -0.1) is 0 Å². The molecule has 1 aromatic carbocycles. The van der Waals surface area contributed by atoms with E-state index in [2.05, 4.69) is 32.0 Å². The van der Waals surface area contributed by atoms with Crippen LogP contribution in [0.25, 0.3) is 0 Å². The lowest BCUT2D eigenvalue weighted by molar-refractivity contribution is 0.0490. The summed E-state index contributed by atoms with van der Waals surface area (Å²) in [7, 11) is 0. The number of amides is 2. The van der Waals surface area contributed by atoms with Crippen LogP contribution in [0.4, 0.5) is 11.6 Å². The average Bonchev–Trinajstić information content (AvgIpc) is 2.96. The second kappa shape index (κ2) is 13.1. The lowest BCUT2D eigenvalue weighted by Gasteiger charge is -2.47. The van der Waals surface area contributed by atoms with Crippen LogP contribution in [0.2, 0.25) is 10.2 Å². The van der Waals surface area contributed by atoms with E-state index in [0.717, 1.165) is 38.9 Å². The number of hydrogen-bond acceptors (Lipinski definition) is 8. The quantitative estimate of drug-likeness (QED) is 0.436. The first-order chi connectivity index (χ1) is 18.7. The number of hydrogen-bond donors (Lipinski definition) is 3. The normalized spacial score (nSPS) is 19.7. The van der Waals surface area contributed by atoms with Gasteiger partial charge in [0.25, 0.3) is 11.8 Å². The predicted molar refractivity (Wildman–Crippen MR) is 153 cm³/mol. The average molecular weight is 579 g/mol. The SMILES string of the molecule is CCC(O)CNC(=O)c1nc(Cl)c(N2CCN(C3CCN(C(=O)c4ccc(Cl)cc4)CC3)[C@@H](CC)C2)nc1N. The Hall–Kier alpha value is -2.66. The van der Waals surface area contributed by atoms with Crippen LogP contribution >= 0.6 is 23.2 Å². The van der Waals surface area contributed by atoms with Crippen molar-refractivity contribution in [2.45, 2.75) is 57.7 Å². The molecule has 0 aliphatic carbocycles. The molecule has 0 radical (unpaired) electrons. The Labute approximate surface area is 239 Å². The molecular formula is C27H37Cl2N7O3. The van der Waals surface area contributed by atoms with Crippen LogP contribution in [0.1, 0.15) is 60.4 Å². The van der Waals surface area contributed by atoms with Crippen LogP contribution in [0.3, 0.4) is 0 Å². The number of aliphatic hydroxyl groups excluding tert-OH is 1. The highest BCUT2D eigenvalue weighted by atomic mass is 35.5. The molecular weight excluding hydrogens is 541 g/mol. The van der Waals surface area contributed by atoms with E-state index in [9.17, 15) is 14.7 Å². The third kappa shape index (κ3) is 6.92. The molecule has 2 aromatic rings. The third-order valence-electron chi connectivity index (χ3n) is 7.66. The van der Waals surface area contributed by atoms with Gasteiger partial charge in [0.15, 0.2) is 22.5 Å². The smallest absolute Gasteiger partial charge is 0.273 e. The minimum Gasteiger partial charge on any atom is -0.391 e. The van der Waals surface area contributed by atoms with E-state index in [1.165, 1.54) is 0 Å². The lowest BCUT2D eigenvalue weighted by atomic mass is 9.97. The van der Waals surface area contributed by atoms with Crippen molar-refractivity contribution in [3.8, 4) is 0 Å². The zero-order chi connectivity index (χ0) is 28.1. The number of aromatic nitrogens is 2. The molecule has 2 fully saturated rings. The van der Waals surface area contributed by atoms with Crippen LogP contribution < -0.4 is 16.0 Å². The summed E-state index contributed by atoms with van der Waals surface area (Å²) in [5.41, 5.74) is 6.72. The van der Waals surface area contributed by atoms with E-state index in [-0.39, 0.29) is 35.2 Å². The molecule has 10 nitrogen and oxygen atoms in total. The van der Waals surface area contributed by atoms with E-state index >= 15 is 0 Å². The first kappa shape index (κ1) is 29.3. The summed E-state index contributed by atoms with van der Waals surface area (Å²) in [6, 6.07) is 7.72. The molecule has 1 aromatic heterocycles. The maximum atomic E-state index is 12.9. The van der Waals surface area contributed by atoms with Gasteiger partial charge in [-0.1, -0.05) is 37.0 Å². The number of piperazine rings is 1. The number of halogens is 2. The van der Waals surface area contributed by atoms with Gasteiger partial charge < -0.3 is 26.0 Å². The van der Waals surface area contributed by atoms with Gasteiger partial charge in [-0.3, -0.25) is 14.5 Å². The Balaban J connectivity index is 1.36. The van der Waals surface area contributed by atoms with Crippen molar-refractivity contribution >= 4 is 46.7 Å². The van der Waals surface area contributed by atoms with Crippen molar-refractivity contribution in [3.63, 3.8) is 0 Å². The fraction of sp³-hybridized carbons (Fsp3) is 0.556.